The van der Waals surface area contributed by atoms with Crippen LogP contribution in [0.5, 0.6) is 5.75 Å². The topological polar surface area (TPSA) is 66.8 Å². The second-order valence-electron chi connectivity index (χ2n) is 4.05. The van der Waals surface area contributed by atoms with E-state index in [2.05, 4.69) is 15.9 Å². The van der Waals surface area contributed by atoms with Crippen LogP contribution in [0.25, 0.3) is 0 Å². The third-order valence-corrected chi connectivity index (χ3v) is 2.45. The number of aliphatic hydroxyl groups is 1. The maximum atomic E-state index is 10.8. The van der Waals surface area contributed by atoms with Crippen LogP contribution in [0.3, 0.4) is 0 Å². The smallest absolute Gasteiger partial charge is 0.336 e. The van der Waals surface area contributed by atoms with Gasteiger partial charge in [0.15, 0.2) is 0 Å². The zero-order valence-electron chi connectivity index (χ0n) is 9.03. The van der Waals surface area contributed by atoms with Crippen molar-refractivity contribution in [2.24, 2.45) is 0 Å². The van der Waals surface area contributed by atoms with E-state index in [1.54, 1.807) is 26.0 Å². The van der Waals surface area contributed by atoms with Gasteiger partial charge in [0.2, 0.25) is 0 Å². The molecule has 5 heteroatoms. The molecule has 2 N–H and O–H groups in total. The number of benzene rings is 1. The van der Waals surface area contributed by atoms with E-state index in [0.29, 0.717) is 10.2 Å². The number of carbonyl (C=O) groups is 1. The van der Waals surface area contributed by atoms with Crippen LogP contribution in [0.1, 0.15) is 24.2 Å². The lowest BCUT2D eigenvalue weighted by molar-refractivity contribution is 0.0284. The Balaban J connectivity index is 2.83. The standard InChI is InChI=1S/C11H13BrO4/c1-11(2,15)6-16-7-3-4-9(12)8(5-7)10(13)14/h3-5,15H,6H2,1-2H3,(H,13,14). The molecule has 0 bridgehead atoms. The molecule has 0 aromatic heterocycles. The molecular weight excluding hydrogens is 276 g/mol. The van der Waals surface area contributed by atoms with Gasteiger partial charge >= 0.3 is 5.97 Å². The van der Waals surface area contributed by atoms with Crippen LogP contribution in [0.2, 0.25) is 0 Å². The number of ether oxygens (including phenoxy) is 1. The first-order valence-electron chi connectivity index (χ1n) is 4.67. The monoisotopic (exact) mass is 288 g/mol. The molecule has 1 aromatic carbocycles. The number of carboxylic acids is 1. The van der Waals surface area contributed by atoms with Crippen molar-refractivity contribution >= 4 is 21.9 Å². The number of aromatic carboxylic acids is 1. The minimum absolute atomic E-state index is 0.105. The van der Waals surface area contributed by atoms with Crippen molar-refractivity contribution < 1.29 is 19.7 Å². The Morgan fingerprint density at radius 2 is 2.12 bits per heavy atom. The predicted octanol–water partition coefficient (Wildman–Crippen LogP) is 2.30. The fourth-order valence-electron chi connectivity index (χ4n) is 1.02. The van der Waals surface area contributed by atoms with Gasteiger partial charge in [0.25, 0.3) is 0 Å². The second-order valence-corrected chi connectivity index (χ2v) is 4.90. The third kappa shape index (κ3) is 3.83. The fourth-order valence-corrected chi connectivity index (χ4v) is 1.43. The molecule has 4 nitrogen and oxygen atoms in total. The highest BCUT2D eigenvalue weighted by Gasteiger charge is 2.15. The normalized spacial score (nSPS) is 11.2. The van der Waals surface area contributed by atoms with E-state index in [4.69, 9.17) is 9.84 Å². The summed E-state index contributed by atoms with van der Waals surface area (Å²) in [6, 6.07) is 4.66. The highest BCUT2D eigenvalue weighted by molar-refractivity contribution is 9.10. The Kier molecular flexibility index (Phi) is 3.93. The largest absolute Gasteiger partial charge is 0.491 e. The fraction of sp³-hybridized carbons (Fsp3) is 0.364. The quantitative estimate of drug-likeness (QED) is 0.892. The highest BCUT2D eigenvalue weighted by Crippen LogP contribution is 2.23. The molecule has 0 aliphatic heterocycles. The van der Waals surface area contributed by atoms with E-state index in [9.17, 15) is 9.90 Å². The molecular formula is C11H13BrO4. The van der Waals surface area contributed by atoms with Gasteiger partial charge in [0, 0.05) is 4.47 Å². The first-order chi connectivity index (χ1) is 7.29. The molecule has 0 aliphatic rings. The van der Waals surface area contributed by atoms with Crippen molar-refractivity contribution in [1.82, 2.24) is 0 Å². The molecule has 0 saturated carbocycles. The van der Waals surface area contributed by atoms with Gasteiger partial charge in [-0.3, -0.25) is 0 Å². The number of rotatable bonds is 4. The molecule has 16 heavy (non-hydrogen) atoms. The van der Waals surface area contributed by atoms with E-state index in [1.807, 2.05) is 0 Å². The number of carboxylic acid groups (broad SMARTS) is 1. The van der Waals surface area contributed by atoms with E-state index in [1.165, 1.54) is 6.07 Å². The molecule has 0 unspecified atom stereocenters. The van der Waals surface area contributed by atoms with Crippen LogP contribution in [0.15, 0.2) is 22.7 Å². The first kappa shape index (κ1) is 13.0. The van der Waals surface area contributed by atoms with E-state index in [0.717, 1.165) is 0 Å². The predicted molar refractivity (Wildman–Crippen MR) is 62.9 cm³/mol. The van der Waals surface area contributed by atoms with Gasteiger partial charge in [-0.05, 0) is 48.0 Å². The summed E-state index contributed by atoms with van der Waals surface area (Å²) >= 11 is 3.14. The molecule has 0 saturated heterocycles. The summed E-state index contributed by atoms with van der Waals surface area (Å²) in [5, 5.41) is 18.3. The van der Waals surface area contributed by atoms with Crippen LogP contribution in [0.4, 0.5) is 0 Å². The van der Waals surface area contributed by atoms with Crippen molar-refractivity contribution in [1.29, 1.82) is 0 Å². The van der Waals surface area contributed by atoms with E-state index in [-0.39, 0.29) is 12.2 Å². The number of hydrogen-bond donors (Lipinski definition) is 2. The SMILES string of the molecule is CC(C)(O)COc1ccc(Br)c(C(=O)O)c1. The van der Waals surface area contributed by atoms with Gasteiger partial charge < -0.3 is 14.9 Å². The number of halogens is 1. The molecule has 0 amide bonds. The zero-order chi connectivity index (χ0) is 12.3. The molecule has 1 rings (SSSR count). The van der Waals surface area contributed by atoms with Crippen molar-refractivity contribution in [3.05, 3.63) is 28.2 Å². The summed E-state index contributed by atoms with van der Waals surface area (Å²) in [6.07, 6.45) is 0. The highest BCUT2D eigenvalue weighted by atomic mass is 79.9. The minimum Gasteiger partial charge on any atom is -0.491 e. The van der Waals surface area contributed by atoms with Crippen LogP contribution in [-0.4, -0.2) is 28.4 Å². The maximum Gasteiger partial charge on any atom is 0.336 e. The van der Waals surface area contributed by atoms with Crippen molar-refractivity contribution in [3.8, 4) is 5.75 Å². The Bertz CT molecular complexity index is 395. The first-order valence-corrected chi connectivity index (χ1v) is 5.47. The van der Waals surface area contributed by atoms with E-state index < -0.39 is 11.6 Å². The molecule has 0 spiro atoms. The summed E-state index contributed by atoms with van der Waals surface area (Å²) in [6.45, 7) is 3.33. The van der Waals surface area contributed by atoms with Gasteiger partial charge in [0.05, 0.1) is 11.2 Å². The van der Waals surface area contributed by atoms with Crippen LogP contribution in [0, 0.1) is 0 Å². The Hall–Kier alpha value is -1.07. The van der Waals surface area contributed by atoms with Gasteiger partial charge in [-0.2, -0.15) is 0 Å². The lowest BCUT2D eigenvalue weighted by atomic mass is 10.1. The summed E-state index contributed by atoms with van der Waals surface area (Å²) in [7, 11) is 0. The molecule has 0 fully saturated rings. The summed E-state index contributed by atoms with van der Waals surface area (Å²) < 4.78 is 5.78. The van der Waals surface area contributed by atoms with E-state index >= 15 is 0 Å². The van der Waals surface area contributed by atoms with Gasteiger partial charge in [-0.25, -0.2) is 4.79 Å². The van der Waals surface area contributed by atoms with Crippen molar-refractivity contribution in [2.45, 2.75) is 19.4 Å². The number of hydrogen-bond acceptors (Lipinski definition) is 3. The van der Waals surface area contributed by atoms with Gasteiger partial charge in [0.1, 0.15) is 12.4 Å². The molecule has 0 heterocycles. The Morgan fingerprint density at radius 1 is 1.50 bits per heavy atom. The zero-order valence-corrected chi connectivity index (χ0v) is 10.6. The molecule has 0 radical (unpaired) electrons. The van der Waals surface area contributed by atoms with Crippen LogP contribution >= 0.6 is 15.9 Å². The molecule has 0 atom stereocenters. The maximum absolute atomic E-state index is 10.8. The average Bonchev–Trinajstić information content (AvgIpc) is 2.14. The molecule has 0 aliphatic carbocycles. The molecule has 1 aromatic rings. The lowest BCUT2D eigenvalue weighted by Gasteiger charge is -2.18. The second kappa shape index (κ2) is 4.84. The van der Waals surface area contributed by atoms with Gasteiger partial charge in [-0.15, -0.1) is 0 Å². The van der Waals surface area contributed by atoms with Crippen molar-refractivity contribution in [3.63, 3.8) is 0 Å². The summed E-state index contributed by atoms with van der Waals surface area (Å²) in [4.78, 5) is 10.8. The van der Waals surface area contributed by atoms with Crippen LogP contribution in [-0.2, 0) is 0 Å². The summed E-state index contributed by atoms with van der Waals surface area (Å²) in [5.74, 6) is -0.608. The van der Waals surface area contributed by atoms with Crippen molar-refractivity contribution in [2.75, 3.05) is 6.61 Å². The molecule has 88 valence electrons. The Morgan fingerprint density at radius 3 is 2.62 bits per heavy atom. The minimum atomic E-state index is -1.03. The average molecular weight is 289 g/mol. The lowest BCUT2D eigenvalue weighted by Crippen LogP contribution is -2.27. The Labute approximate surface area is 102 Å². The summed E-state index contributed by atoms with van der Waals surface area (Å²) in [5.41, 5.74) is -0.815. The van der Waals surface area contributed by atoms with Gasteiger partial charge in [-0.1, -0.05) is 0 Å². The van der Waals surface area contributed by atoms with Crippen LogP contribution < -0.4 is 4.74 Å². The third-order valence-electron chi connectivity index (χ3n) is 1.76.